The van der Waals surface area contributed by atoms with Crippen molar-refractivity contribution in [3.05, 3.63) is 47.8 Å². The summed E-state index contributed by atoms with van der Waals surface area (Å²) in [6.07, 6.45) is 4.80. The molecule has 0 aliphatic carbocycles. The minimum absolute atomic E-state index is 0.0284. The average Bonchev–Trinajstić information content (AvgIpc) is 3.22. The van der Waals surface area contributed by atoms with Crippen LogP contribution in [-0.4, -0.2) is 59.2 Å². The Morgan fingerprint density at radius 3 is 2.59 bits per heavy atom. The molecule has 0 radical (unpaired) electrons. The number of aromatic nitrogens is 1. The van der Waals surface area contributed by atoms with E-state index in [2.05, 4.69) is 0 Å². The monoisotopic (exact) mass is 369 g/mol. The molecule has 0 saturated carbocycles. The lowest BCUT2D eigenvalue weighted by molar-refractivity contribution is -0.130. The molecule has 2 amide bonds. The first-order chi connectivity index (χ1) is 13.1. The van der Waals surface area contributed by atoms with E-state index in [1.165, 1.54) is 0 Å². The molecule has 2 aliphatic heterocycles. The van der Waals surface area contributed by atoms with Gasteiger partial charge in [0.2, 0.25) is 12.7 Å². The van der Waals surface area contributed by atoms with Gasteiger partial charge in [-0.3, -0.25) is 9.59 Å². The fraction of sp³-hybridized carbons (Fsp3) is 0.400. The zero-order chi connectivity index (χ0) is 18.8. The van der Waals surface area contributed by atoms with Gasteiger partial charge in [-0.25, -0.2) is 0 Å². The largest absolute Gasteiger partial charge is 0.454 e. The van der Waals surface area contributed by atoms with Crippen molar-refractivity contribution in [3.8, 4) is 11.5 Å². The second-order valence-electron chi connectivity index (χ2n) is 6.96. The quantitative estimate of drug-likeness (QED) is 0.826. The van der Waals surface area contributed by atoms with Gasteiger partial charge in [0.05, 0.1) is 12.0 Å². The number of hydrogen-bond donors (Lipinski definition) is 0. The number of rotatable bonds is 3. The Kier molecular flexibility index (Phi) is 4.75. The van der Waals surface area contributed by atoms with Gasteiger partial charge in [0, 0.05) is 45.6 Å². The summed E-state index contributed by atoms with van der Waals surface area (Å²) in [5.41, 5.74) is 1.60. The molecule has 7 heteroatoms. The smallest absolute Gasteiger partial charge is 0.255 e. The fourth-order valence-electron chi connectivity index (χ4n) is 3.52. The Morgan fingerprint density at radius 2 is 1.78 bits per heavy atom. The molecule has 0 atom stereocenters. The lowest BCUT2D eigenvalue weighted by Gasteiger charge is -2.22. The minimum atomic E-state index is 0.0284. The summed E-state index contributed by atoms with van der Waals surface area (Å²) in [6.45, 7) is 2.68. The molecule has 0 unspecified atom stereocenters. The van der Waals surface area contributed by atoms with Crippen molar-refractivity contribution >= 4 is 11.8 Å². The molecule has 1 saturated heterocycles. The van der Waals surface area contributed by atoms with Crippen LogP contribution >= 0.6 is 0 Å². The highest BCUT2D eigenvalue weighted by Crippen LogP contribution is 2.32. The van der Waals surface area contributed by atoms with E-state index in [0.29, 0.717) is 43.9 Å². The molecule has 4 rings (SSSR count). The molecule has 0 bridgehead atoms. The Morgan fingerprint density at radius 1 is 1.00 bits per heavy atom. The third-order valence-corrected chi connectivity index (χ3v) is 5.01. The van der Waals surface area contributed by atoms with Crippen LogP contribution in [0, 0.1) is 0 Å². The van der Waals surface area contributed by atoms with Crippen LogP contribution in [0.25, 0.3) is 0 Å². The van der Waals surface area contributed by atoms with E-state index in [1.54, 1.807) is 0 Å². The van der Waals surface area contributed by atoms with Crippen LogP contribution in [0.4, 0.5) is 0 Å². The van der Waals surface area contributed by atoms with Crippen molar-refractivity contribution in [2.75, 3.05) is 33.0 Å². The van der Waals surface area contributed by atoms with E-state index in [9.17, 15) is 9.59 Å². The van der Waals surface area contributed by atoms with Gasteiger partial charge in [-0.1, -0.05) is 6.07 Å². The van der Waals surface area contributed by atoms with Gasteiger partial charge in [0.25, 0.3) is 5.91 Å². The number of carbonyl (C=O) groups excluding carboxylic acids is 2. The maximum absolute atomic E-state index is 12.7. The van der Waals surface area contributed by atoms with Crippen LogP contribution in [-0.2, 0) is 18.3 Å². The first-order valence-corrected chi connectivity index (χ1v) is 9.18. The summed E-state index contributed by atoms with van der Waals surface area (Å²) >= 11 is 0. The number of amides is 2. The third-order valence-electron chi connectivity index (χ3n) is 5.01. The molecule has 2 aliphatic rings. The van der Waals surface area contributed by atoms with Crippen molar-refractivity contribution < 1.29 is 19.1 Å². The van der Waals surface area contributed by atoms with Crippen LogP contribution in [0.3, 0.4) is 0 Å². The highest BCUT2D eigenvalue weighted by atomic mass is 16.7. The normalized spacial score (nSPS) is 16.3. The van der Waals surface area contributed by atoms with Crippen molar-refractivity contribution in [3.63, 3.8) is 0 Å². The Balaban J connectivity index is 1.36. The zero-order valence-corrected chi connectivity index (χ0v) is 15.4. The summed E-state index contributed by atoms with van der Waals surface area (Å²) in [6, 6.07) is 7.43. The predicted octanol–water partition coefficient (Wildman–Crippen LogP) is 1.67. The first kappa shape index (κ1) is 17.5. The zero-order valence-electron chi connectivity index (χ0n) is 15.4. The van der Waals surface area contributed by atoms with Gasteiger partial charge in [-0.2, -0.15) is 0 Å². The molecule has 0 spiro atoms. The van der Waals surface area contributed by atoms with Gasteiger partial charge in [0.1, 0.15) is 0 Å². The number of aryl methyl sites for hydroxylation is 1. The van der Waals surface area contributed by atoms with Crippen LogP contribution < -0.4 is 9.47 Å². The maximum atomic E-state index is 12.7. The van der Waals surface area contributed by atoms with E-state index < -0.39 is 0 Å². The molecule has 2 aromatic rings. The minimum Gasteiger partial charge on any atom is -0.454 e. The molecular weight excluding hydrogens is 346 g/mol. The van der Waals surface area contributed by atoms with Crippen LogP contribution in [0.1, 0.15) is 22.3 Å². The van der Waals surface area contributed by atoms with Crippen molar-refractivity contribution in [1.29, 1.82) is 0 Å². The van der Waals surface area contributed by atoms with Gasteiger partial charge in [-0.15, -0.1) is 0 Å². The lowest BCUT2D eigenvalue weighted by Crippen LogP contribution is -2.37. The number of fused-ring (bicyclic) bond motifs is 1. The summed E-state index contributed by atoms with van der Waals surface area (Å²) in [5, 5.41) is 0. The molecule has 27 heavy (non-hydrogen) atoms. The number of nitrogens with zero attached hydrogens (tertiary/aromatic N) is 3. The van der Waals surface area contributed by atoms with Crippen molar-refractivity contribution in [2.45, 2.75) is 12.8 Å². The lowest BCUT2D eigenvalue weighted by atomic mass is 10.1. The van der Waals surface area contributed by atoms with Gasteiger partial charge in [-0.05, 0) is 30.2 Å². The van der Waals surface area contributed by atoms with E-state index >= 15 is 0 Å². The maximum Gasteiger partial charge on any atom is 0.255 e. The van der Waals surface area contributed by atoms with E-state index in [-0.39, 0.29) is 18.6 Å². The Labute approximate surface area is 158 Å². The number of benzene rings is 1. The Hall–Kier alpha value is -2.96. The summed E-state index contributed by atoms with van der Waals surface area (Å²) < 4.78 is 12.6. The SMILES string of the molecule is Cn1ccc(C(=O)N2CCCN(C(=O)Cc3ccc4c(c3)OCO4)CC2)c1. The fourth-order valence-corrected chi connectivity index (χ4v) is 3.52. The number of hydrogen-bond acceptors (Lipinski definition) is 4. The highest BCUT2D eigenvalue weighted by molar-refractivity contribution is 5.94. The molecule has 1 aromatic carbocycles. The molecule has 3 heterocycles. The summed E-state index contributed by atoms with van der Waals surface area (Å²) in [4.78, 5) is 29.0. The molecule has 1 aromatic heterocycles. The van der Waals surface area contributed by atoms with E-state index in [0.717, 1.165) is 17.7 Å². The summed E-state index contributed by atoms with van der Waals surface area (Å²) in [5.74, 6) is 1.51. The van der Waals surface area contributed by atoms with Gasteiger partial charge < -0.3 is 23.8 Å². The predicted molar refractivity (Wildman–Crippen MR) is 98.8 cm³/mol. The second kappa shape index (κ2) is 7.34. The van der Waals surface area contributed by atoms with E-state index in [1.807, 2.05) is 58.1 Å². The summed E-state index contributed by atoms with van der Waals surface area (Å²) in [7, 11) is 1.90. The average molecular weight is 369 g/mol. The molecular formula is C20H23N3O4. The Bertz CT molecular complexity index is 861. The number of carbonyl (C=O) groups is 2. The molecule has 1 fully saturated rings. The van der Waals surface area contributed by atoms with Crippen LogP contribution in [0.2, 0.25) is 0 Å². The van der Waals surface area contributed by atoms with Gasteiger partial charge >= 0.3 is 0 Å². The van der Waals surface area contributed by atoms with Crippen LogP contribution in [0.15, 0.2) is 36.7 Å². The highest BCUT2D eigenvalue weighted by Gasteiger charge is 2.24. The standard InChI is InChI=1S/C20H23N3O4/c1-21-8-5-16(13-21)20(25)23-7-2-6-22(9-10-23)19(24)12-15-3-4-17-18(11-15)27-14-26-17/h3-5,8,11,13H,2,6-7,9-10,12,14H2,1H3. The third kappa shape index (κ3) is 3.77. The topological polar surface area (TPSA) is 64.0 Å². The van der Waals surface area contributed by atoms with Gasteiger partial charge in [0.15, 0.2) is 11.5 Å². The molecule has 142 valence electrons. The molecule has 7 nitrogen and oxygen atoms in total. The second-order valence-corrected chi connectivity index (χ2v) is 6.96. The van der Waals surface area contributed by atoms with E-state index in [4.69, 9.17) is 9.47 Å². The first-order valence-electron chi connectivity index (χ1n) is 9.18. The van der Waals surface area contributed by atoms with Crippen LogP contribution in [0.5, 0.6) is 11.5 Å². The van der Waals surface area contributed by atoms with Crippen molar-refractivity contribution in [1.82, 2.24) is 14.4 Å². The van der Waals surface area contributed by atoms with Crippen molar-refractivity contribution in [2.24, 2.45) is 7.05 Å². The number of ether oxygens (including phenoxy) is 2. The molecule has 0 N–H and O–H groups in total.